The Kier molecular flexibility index (Phi) is 1.94. The Morgan fingerprint density at radius 2 is 2.46 bits per heavy atom. The molecule has 2 rings (SSSR count). The Hall–Kier alpha value is -1.49. The highest BCUT2D eigenvalue weighted by Gasteiger charge is 2.12. The molecule has 13 heavy (non-hydrogen) atoms. The van der Waals surface area contributed by atoms with Gasteiger partial charge in [-0.25, -0.2) is 4.98 Å². The molecule has 0 spiro atoms. The van der Waals surface area contributed by atoms with Crippen molar-refractivity contribution >= 4 is 29.5 Å². The number of carbonyl (C=O) groups is 1. The lowest BCUT2D eigenvalue weighted by Gasteiger charge is -1.86. The van der Waals surface area contributed by atoms with E-state index in [1.165, 1.54) is 11.3 Å². The van der Waals surface area contributed by atoms with Gasteiger partial charge in [-0.05, 0) is 6.08 Å². The van der Waals surface area contributed by atoms with Crippen molar-refractivity contribution in [2.45, 2.75) is 6.42 Å². The van der Waals surface area contributed by atoms with Gasteiger partial charge in [-0.15, -0.1) is 11.3 Å². The van der Waals surface area contributed by atoms with Crippen LogP contribution in [0.3, 0.4) is 0 Å². The second-order valence-corrected chi connectivity index (χ2v) is 3.58. The number of rotatable bonds is 1. The third-order valence-electron chi connectivity index (χ3n) is 1.64. The molecule has 1 aliphatic rings. The van der Waals surface area contributed by atoms with Gasteiger partial charge in [0.1, 0.15) is 0 Å². The lowest BCUT2D eigenvalue weighted by Crippen LogP contribution is -2.10. The first kappa shape index (κ1) is 8.12. The molecule has 1 aliphatic heterocycles. The quantitative estimate of drug-likeness (QED) is 0.718. The van der Waals surface area contributed by atoms with Crippen LogP contribution in [-0.2, 0) is 6.42 Å². The summed E-state index contributed by atoms with van der Waals surface area (Å²) in [6.45, 7) is 0. The Labute approximate surface area is 78.8 Å². The molecular formula is C8H7N3OS. The van der Waals surface area contributed by atoms with Crippen LogP contribution in [0, 0.1) is 0 Å². The number of aliphatic imine (C=N–C) groups is 1. The van der Waals surface area contributed by atoms with E-state index < -0.39 is 5.91 Å². The molecule has 0 bridgehead atoms. The first-order valence-electron chi connectivity index (χ1n) is 3.75. The van der Waals surface area contributed by atoms with Crippen molar-refractivity contribution < 1.29 is 4.79 Å². The number of amides is 1. The fourth-order valence-corrected chi connectivity index (χ4v) is 1.90. The van der Waals surface area contributed by atoms with Gasteiger partial charge < -0.3 is 5.73 Å². The first-order valence-corrected chi connectivity index (χ1v) is 4.56. The summed E-state index contributed by atoms with van der Waals surface area (Å²) in [6.07, 6.45) is 5.94. The fraction of sp³-hybridized carbons (Fsp3) is 0.125. The molecular weight excluding hydrogens is 186 g/mol. The molecule has 5 heteroatoms. The van der Waals surface area contributed by atoms with Gasteiger partial charge in [-0.3, -0.25) is 9.79 Å². The highest BCUT2D eigenvalue weighted by molar-refractivity contribution is 7.14. The zero-order valence-corrected chi connectivity index (χ0v) is 7.54. The van der Waals surface area contributed by atoms with Crippen LogP contribution in [0.15, 0.2) is 11.2 Å². The van der Waals surface area contributed by atoms with Crippen molar-refractivity contribution in [3.63, 3.8) is 0 Å². The standard InChI is InChI=1S/C8H7N3OS/c9-7(12)8-11-5-1-3-10-4-2-6(5)13-8/h2-4H,1H2,(H2,9,12). The van der Waals surface area contributed by atoms with Gasteiger partial charge in [0.05, 0.1) is 10.6 Å². The Morgan fingerprint density at radius 1 is 1.62 bits per heavy atom. The van der Waals surface area contributed by atoms with E-state index in [0.29, 0.717) is 11.4 Å². The molecule has 0 aromatic carbocycles. The molecule has 1 aromatic rings. The summed E-state index contributed by atoms with van der Waals surface area (Å²) in [5.41, 5.74) is 5.99. The van der Waals surface area contributed by atoms with E-state index in [4.69, 9.17) is 5.73 Å². The maximum absolute atomic E-state index is 10.8. The van der Waals surface area contributed by atoms with Crippen LogP contribution in [0.2, 0.25) is 0 Å². The van der Waals surface area contributed by atoms with Crippen LogP contribution in [-0.4, -0.2) is 17.1 Å². The van der Waals surface area contributed by atoms with Crippen LogP contribution in [0.1, 0.15) is 20.4 Å². The van der Waals surface area contributed by atoms with E-state index in [-0.39, 0.29) is 0 Å². The lowest BCUT2D eigenvalue weighted by molar-refractivity contribution is 0.1000. The topological polar surface area (TPSA) is 68.3 Å². The zero-order valence-electron chi connectivity index (χ0n) is 6.73. The second-order valence-electron chi connectivity index (χ2n) is 2.55. The van der Waals surface area contributed by atoms with Crippen molar-refractivity contribution in [3.8, 4) is 0 Å². The largest absolute Gasteiger partial charge is 0.364 e. The molecule has 0 atom stereocenters. The predicted molar refractivity (Wildman–Crippen MR) is 51.9 cm³/mol. The summed E-state index contributed by atoms with van der Waals surface area (Å²) in [4.78, 5) is 19.9. The van der Waals surface area contributed by atoms with Crippen LogP contribution in [0.25, 0.3) is 6.08 Å². The minimum atomic E-state index is -0.469. The highest BCUT2D eigenvalue weighted by atomic mass is 32.1. The van der Waals surface area contributed by atoms with Gasteiger partial charge in [0, 0.05) is 18.8 Å². The molecule has 0 aliphatic carbocycles. The molecule has 2 N–H and O–H groups in total. The molecule has 0 unspecified atom stereocenters. The summed E-state index contributed by atoms with van der Waals surface area (Å²) in [6, 6.07) is 0. The Bertz CT molecular complexity index is 406. The lowest BCUT2D eigenvalue weighted by atomic mass is 10.3. The van der Waals surface area contributed by atoms with Gasteiger partial charge in [0.25, 0.3) is 5.91 Å². The second kappa shape index (κ2) is 3.10. The van der Waals surface area contributed by atoms with E-state index in [1.807, 2.05) is 6.08 Å². The van der Waals surface area contributed by atoms with Gasteiger partial charge in [0.15, 0.2) is 5.01 Å². The van der Waals surface area contributed by atoms with Gasteiger partial charge >= 0.3 is 0 Å². The van der Waals surface area contributed by atoms with E-state index in [0.717, 1.165) is 10.6 Å². The van der Waals surface area contributed by atoms with Gasteiger partial charge in [-0.1, -0.05) is 0 Å². The van der Waals surface area contributed by atoms with Crippen LogP contribution in [0.4, 0.5) is 0 Å². The minimum absolute atomic E-state index is 0.366. The van der Waals surface area contributed by atoms with E-state index in [9.17, 15) is 4.79 Å². The predicted octanol–water partition coefficient (Wildman–Crippen LogP) is 0.840. The SMILES string of the molecule is NC(=O)c1nc2c(s1)C=CN=CC2. The van der Waals surface area contributed by atoms with E-state index in [2.05, 4.69) is 9.98 Å². The molecule has 1 aromatic heterocycles. The summed E-state index contributed by atoms with van der Waals surface area (Å²) in [7, 11) is 0. The maximum Gasteiger partial charge on any atom is 0.277 e. The van der Waals surface area contributed by atoms with Gasteiger partial charge in [-0.2, -0.15) is 0 Å². The van der Waals surface area contributed by atoms with E-state index >= 15 is 0 Å². The molecule has 4 nitrogen and oxygen atoms in total. The smallest absolute Gasteiger partial charge is 0.277 e. The normalized spacial score (nSPS) is 13.8. The van der Waals surface area contributed by atoms with Crippen molar-refractivity contribution in [1.29, 1.82) is 0 Å². The number of primary amides is 1. The monoisotopic (exact) mass is 193 g/mol. The maximum atomic E-state index is 10.8. The van der Waals surface area contributed by atoms with Crippen LogP contribution < -0.4 is 5.73 Å². The summed E-state index contributed by atoms with van der Waals surface area (Å²) in [5, 5.41) is 0.366. The molecule has 66 valence electrons. The number of nitrogens with zero attached hydrogens (tertiary/aromatic N) is 2. The average Bonchev–Trinajstić information content (AvgIpc) is 2.38. The van der Waals surface area contributed by atoms with Crippen molar-refractivity contribution in [1.82, 2.24) is 4.98 Å². The van der Waals surface area contributed by atoms with Gasteiger partial charge in [0.2, 0.25) is 0 Å². The summed E-state index contributed by atoms with van der Waals surface area (Å²) >= 11 is 1.30. The van der Waals surface area contributed by atoms with Crippen molar-refractivity contribution in [2.24, 2.45) is 10.7 Å². The number of hydrogen-bond acceptors (Lipinski definition) is 4. The number of thiazole rings is 1. The zero-order chi connectivity index (χ0) is 9.26. The fourth-order valence-electron chi connectivity index (χ4n) is 1.06. The van der Waals surface area contributed by atoms with Crippen LogP contribution >= 0.6 is 11.3 Å². The third-order valence-corrected chi connectivity index (χ3v) is 2.72. The number of carbonyl (C=O) groups excluding carboxylic acids is 1. The minimum Gasteiger partial charge on any atom is -0.364 e. The number of fused-ring (bicyclic) bond motifs is 1. The first-order chi connectivity index (χ1) is 6.27. The molecule has 0 fully saturated rings. The summed E-state index contributed by atoms with van der Waals surface area (Å²) in [5.74, 6) is -0.469. The number of hydrogen-bond donors (Lipinski definition) is 1. The number of nitrogens with two attached hydrogens (primary N) is 1. The van der Waals surface area contributed by atoms with Crippen LogP contribution in [0.5, 0.6) is 0 Å². The molecule has 0 saturated heterocycles. The van der Waals surface area contributed by atoms with Crippen molar-refractivity contribution in [2.75, 3.05) is 0 Å². The summed E-state index contributed by atoms with van der Waals surface area (Å²) < 4.78 is 0. The molecule has 1 amide bonds. The number of aromatic nitrogens is 1. The highest BCUT2D eigenvalue weighted by Crippen LogP contribution is 2.21. The molecule has 0 radical (unpaired) electrons. The molecule has 2 heterocycles. The average molecular weight is 193 g/mol. The third kappa shape index (κ3) is 1.50. The van der Waals surface area contributed by atoms with E-state index in [1.54, 1.807) is 12.4 Å². The Balaban J connectivity index is 2.46. The van der Waals surface area contributed by atoms with Crippen molar-refractivity contribution in [3.05, 3.63) is 21.8 Å². The molecule has 0 saturated carbocycles. The Morgan fingerprint density at radius 3 is 3.23 bits per heavy atom.